The van der Waals surface area contributed by atoms with Crippen molar-refractivity contribution in [2.75, 3.05) is 0 Å². The van der Waals surface area contributed by atoms with E-state index in [2.05, 4.69) is 31.9 Å². The van der Waals surface area contributed by atoms with Gasteiger partial charge in [-0.25, -0.2) is 0 Å². The Morgan fingerprint density at radius 2 is 1.82 bits per heavy atom. The van der Waals surface area contributed by atoms with Crippen molar-refractivity contribution in [1.82, 2.24) is 0 Å². The minimum atomic E-state index is -0.585. The predicted molar refractivity (Wildman–Crippen MR) is 79.7 cm³/mol. The molecule has 0 saturated carbocycles. The van der Waals surface area contributed by atoms with E-state index in [1.807, 2.05) is 38.1 Å². The van der Waals surface area contributed by atoms with E-state index >= 15 is 0 Å². The zero-order valence-corrected chi connectivity index (χ0v) is 13.5. The van der Waals surface area contributed by atoms with E-state index in [0.29, 0.717) is 0 Å². The molecule has 90 valence electrons. The maximum atomic E-state index is 10.4. The van der Waals surface area contributed by atoms with Crippen LogP contribution in [0.3, 0.4) is 0 Å². The molecule has 1 unspecified atom stereocenters. The average molecular weight is 376 g/mol. The van der Waals surface area contributed by atoms with Crippen LogP contribution in [0, 0.1) is 13.8 Å². The molecule has 4 heteroatoms. The molecule has 2 rings (SSSR count). The third-order valence-corrected chi connectivity index (χ3v) is 5.24. The molecule has 0 spiro atoms. The van der Waals surface area contributed by atoms with Crippen molar-refractivity contribution < 1.29 is 5.11 Å². The molecular formula is C13H12Br2OS. The summed E-state index contributed by atoms with van der Waals surface area (Å²) in [6.07, 6.45) is -0.585. The molecule has 1 atom stereocenters. The Balaban J connectivity index is 2.43. The van der Waals surface area contributed by atoms with Crippen LogP contribution in [0.15, 0.2) is 33.2 Å². The Morgan fingerprint density at radius 3 is 2.35 bits per heavy atom. The summed E-state index contributed by atoms with van der Waals surface area (Å²) in [4.78, 5) is 2.14. The topological polar surface area (TPSA) is 20.2 Å². The van der Waals surface area contributed by atoms with Crippen molar-refractivity contribution in [3.05, 3.63) is 54.1 Å². The van der Waals surface area contributed by atoms with Gasteiger partial charge in [-0.15, -0.1) is 11.3 Å². The number of hydrogen-bond acceptors (Lipinski definition) is 2. The molecule has 0 radical (unpaired) electrons. The highest BCUT2D eigenvalue weighted by Crippen LogP contribution is 2.37. The maximum Gasteiger partial charge on any atom is 0.115 e. The van der Waals surface area contributed by atoms with Gasteiger partial charge in [0.2, 0.25) is 0 Å². The molecule has 1 N–H and O–H groups in total. The van der Waals surface area contributed by atoms with Gasteiger partial charge < -0.3 is 5.11 Å². The van der Waals surface area contributed by atoms with Gasteiger partial charge in [0.15, 0.2) is 0 Å². The lowest BCUT2D eigenvalue weighted by atomic mass is 10.1. The Bertz CT molecular complexity index is 548. The molecule has 0 aliphatic carbocycles. The molecule has 0 bridgehead atoms. The fourth-order valence-electron chi connectivity index (χ4n) is 1.68. The normalized spacial score (nSPS) is 12.8. The third kappa shape index (κ3) is 2.81. The number of hydrogen-bond donors (Lipinski definition) is 1. The summed E-state index contributed by atoms with van der Waals surface area (Å²) >= 11 is 8.61. The van der Waals surface area contributed by atoms with Gasteiger partial charge >= 0.3 is 0 Å². The lowest BCUT2D eigenvalue weighted by Crippen LogP contribution is -1.99. The lowest BCUT2D eigenvalue weighted by molar-refractivity contribution is 0.222. The predicted octanol–water partition coefficient (Wildman–Crippen LogP) is 4.97. The lowest BCUT2D eigenvalue weighted by Gasteiger charge is -2.12. The summed E-state index contributed by atoms with van der Waals surface area (Å²) in [6, 6.07) is 8.03. The van der Waals surface area contributed by atoms with E-state index in [1.54, 1.807) is 11.3 Å². The largest absolute Gasteiger partial charge is 0.383 e. The van der Waals surface area contributed by atoms with Crippen molar-refractivity contribution in [3.8, 4) is 0 Å². The van der Waals surface area contributed by atoms with Crippen LogP contribution in [0.25, 0.3) is 0 Å². The molecule has 0 amide bonds. The van der Waals surface area contributed by atoms with Gasteiger partial charge in [0.1, 0.15) is 6.10 Å². The van der Waals surface area contributed by atoms with Gasteiger partial charge in [-0.2, -0.15) is 0 Å². The van der Waals surface area contributed by atoms with Crippen LogP contribution in [-0.4, -0.2) is 5.11 Å². The van der Waals surface area contributed by atoms with E-state index in [-0.39, 0.29) is 0 Å². The number of thiophene rings is 1. The maximum absolute atomic E-state index is 10.4. The summed E-state index contributed by atoms with van der Waals surface area (Å²) in [6.45, 7) is 4.07. The molecular weight excluding hydrogens is 364 g/mol. The molecule has 1 nitrogen and oxygen atoms in total. The molecule has 0 aliphatic heterocycles. The Kier molecular flexibility index (Phi) is 4.08. The summed E-state index contributed by atoms with van der Waals surface area (Å²) < 4.78 is 1.92. The van der Waals surface area contributed by atoms with Crippen molar-refractivity contribution >= 4 is 43.2 Å². The first-order chi connectivity index (χ1) is 7.99. The second-order valence-electron chi connectivity index (χ2n) is 4.00. The summed E-state index contributed by atoms with van der Waals surface area (Å²) in [5.41, 5.74) is 2.08. The van der Waals surface area contributed by atoms with E-state index in [4.69, 9.17) is 0 Å². The molecule has 0 saturated heterocycles. The third-order valence-electron chi connectivity index (χ3n) is 2.54. The number of aliphatic hydroxyl groups is 1. The van der Waals surface area contributed by atoms with Crippen LogP contribution in [-0.2, 0) is 0 Å². The minimum absolute atomic E-state index is 0.585. The first-order valence-electron chi connectivity index (χ1n) is 5.19. The first kappa shape index (κ1) is 13.3. The second-order valence-corrected chi connectivity index (χ2v) is 6.99. The van der Waals surface area contributed by atoms with E-state index in [0.717, 1.165) is 19.4 Å². The smallest absolute Gasteiger partial charge is 0.115 e. The number of aryl methyl sites for hydroxylation is 2. The Hall–Kier alpha value is -0.160. The highest BCUT2D eigenvalue weighted by Gasteiger charge is 2.18. The molecule has 1 heterocycles. The summed E-state index contributed by atoms with van der Waals surface area (Å²) in [5, 5.41) is 10.4. The van der Waals surface area contributed by atoms with E-state index in [9.17, 15) is 5.11 Å². The minimum Gasteiger partial charge on any atom is -0.383 e. The van der Waals surface area contributed by atoms with Crippen molar-refractivity contribution in [3.63, 3.8) is 0 Å². The van der Waals surface area contributed by atoms with Gasteiger partial charge in [-0.3, -0.25) is 0 Å². The van der Waals surface area contributed by atoms with Gasteiger partial charge in [0.05, 0.1) is 4.88 Å². The molecule has 1 aromatic carbocycles. The summed E-state index contributed by atoms with van der Waals surface area (Å²) in [5.74, 6) is 0. The highest BCUT2D eigenvalue weighted by atomic mass is 79.9. The van der Waals surface area contributed by atoms with E-state index < -0.39 is 6.10 Å². The van der Waals surface area contributed by atoms with Crippen LogP contribution in [0.4, 0.5) is 0 Å². The zero-order chi connectivity index (χ0) is 12.6. The van der Waals surface area contributed by atoms with Gasteiger partial charge in [0, 0.05) is 13.8 Å². The molecule has 0 fully saturated rings. The number of benzene rings is 1. The van der Waals surface area contributed by atoms with Crippen molar-refractivity contribution in [2.24, 2.45) is 0 Å². The second kappa shape index (κ2) is 5.22. The van der Waals surface area contributed by atoms with E-state index in [1.165, 1.54) is 10.4 Å². The van der Waals surface area contributed by atoms with Crippen LogP contribution in [0.1, 0.15) is 27.0 Å². The fraction of sp³-hybridized carbons (Fsp3) is 0.231. The van der Waals surface area contributed by atoms with Gasteiger partial charge in [-0.1, -0.05) is 28.1 Å². The summed E-state index contributed by atoms with van der Waals surface area (Å²) in [7, 11) is 0. The van der Waals surface area contributed by atoms with Crippen molar-refractivity contribution in [1.29, 1.82) is 0 Å². The Morgan fingerprint density at radius 1 is 1.12 bits per heavy atom. The van der Waals surface area contributed by atoms with Gasteiger partial charge in [-0.05, 0) is 53.0 Å². The first-order valence-corrected chi connectivity index (χ1v) is 7.59. The molecule has 1 aromatic heterocycles. The zero-order valence-electron chi connectivity index (χ0n) is 9.50. The van der Waals surface area contributed by atoms with Crippen LogP contribution < -0.4 is 0 Å². The quantitative estimate of drug-likeness (QED) is 0.785. The Labute approximate surface area is 122 Å². The van der Waals surface area contributed by atoms with Crippen LogP contribution in [0.2, 0.25) is 0 Å². The number of aliphatic hydroxyl groups excluding tert-OH is 1. The number of halogens is 2. The average Bonchev–Trinajstić information content (AvgIpc) is 2.57. The SMILES string of the molecule is Cc1ccc(C(O)c2sc(C)cc2Br)c(Br)c1. The number of rotatable bonds is 2. The highest BCUT2D eigenvalue weighted by molar-refractivity contribution is 9.10. The molecule has 2 aromatic rings. The standard InChI is InChI=1S/C13H12Br2OS/c1-7-3-4-9(10(14)5-7)12(16)13-11(15)6-8(2)17-13/h3-6,12,16H,1-2H3. The van der Waals surface area contributed by atoms with Crippen LogP contribution in [0.5, 0.6) is 0 Å². The van der Waals surface area contributed by atoms with Crippen molar-refractivity contribution in [2.45, 2.75) is 20.0 Å². The molecule has 17 heavy (non-hydrogen) atoms. The van der Waals surface area contributed by atoms with Gasteiger partial charge in [0.25, 0.3) is 0 Å². The van der Waals surface area contributed by atoms with Crippen LogP contribution >= 0.6 is 43.2 Å². The fourth-order valence-corrected chi connectivity index (χ4v) is 4.27. The molecule has 0 aliphatic rings. The monoisotopic (exact) mass is 374 g/mol.